The summed E-state index contributed by atoms with van der Waals surface area (Å²) in [5.41, 5.74) is -0.951. The van der Waals surface area contributed by atoms with Crippen LogP contribution in [0.5, 0.6) is 0 Å². The number of hydrogen-bond donors (Lipinski definition) is 2. The Bertz CT molecular complexity index is 721. The molecule has 0 fully saturated rings. The fraction of sp³-hybridized carbons (Fsp3) is 0. The molecule has 0 saturated heterocycles. The van der Waals surface area contributed by atoms with Crippen LogP contribution in [-0.4, -0.2) is 15.8 Å². The Balaban J connectivity index is 2.30. The number of benzene rings is 1. The average molecular weight is 277 g/mol. The molecule has 0 unspecified atom stereocenters. The van der Waals surface area contributed by atoms with E-state index in [1.165, 1.54) is 12.3 Å². The number of aromatic nitrogens is 1. The molecule has 2 N–H and O–H groups in total. The van der Waals surface area contributed by atoms with Crippen molar-refractivity contribution in [1.82, 2.24) is 4.98 Å². The van der Waals surface area contributed by atoms with Crippen molar-refractivity contribution in [2.24, 2.45) is 0 Å². The standard InChI is InChI=1S/C12H8FN3O4/c13-8-2-3-9(10(5-8)16(19)20)15-12(18)7-1-4-11(17)14-6-7/h1-6H,(H,14,17)(H,15,18). The maximum absolute atomic E-state index is 13.0. The molecule has 0 aliphatic heterocycles. The molecule has 2 aromatic rings. The highest BCUT2D eigenvalue weighted by Crippen LogP contribution is 2.25. The Morgan fingerprint density at radius 3 is 2.65 bits per heavy atom. The molecule has 0 aliphatic rings. The van der Waals surface area contributed by atoms with Gasteiger partial charge in [-0.15, -0.1) is 0 Å². The van der Waals surface area contributed by atoms with E-state index in [1.54, 1.807) is 0 Å². The number of pyridine rings is 1. The van der Waals surface area contributed by atoms with Crippen LogP contribution in [0, 0.1) is 15.9 Å². The third-order valence-electron chi connectivity index (χ3n) is 2.45. The monoisotopic (exact) mass is 277 g/mol. The molecular weight excluding hydrogens is 269 g/mol. The zero-order valence-corrected chi connectivity index (χ0v) is 9.92. The molecule has 7 nitrogen and oxygen atoms in total. The van der Waals surface area contributed by atoms with Gasteiger partial charge in [-0.25, -0.2) is 4.39 Å². The van der Waals surface area contributed by atoms with Gasteiger partial charge in [0.1, 0.15) is 11.5 Å². The number of carbonyl (C=O) groups excluding carboxylic acids is 1. The predicted octanol–water partition coefficient (Wildman–Crippen LogP) is 1.67. The van der Waals surface area contributed by atoms with E-state index >= 15 is 0 Å². The second-order valence-electron chi connectivity index (χ2n) is 3.81. The van der Waals surface area contributed by atoms with Crippen LogP contribution >= 0.6 is 0 Å². The van der Waals surface area contributed by atoms with Gasteiger partial charge in [-0.2, -0.15) is 0 Å². The van der Waals surface area contributed by atoms with Crippen LogP contribution in [0.1, 0.15) is 10.4 Å². The van der Waals surface area contributed by atoms with Gasteiger partial charge in [0.15, 0.2) is 0 Å². The van der Waals surface area contributed by atoms with Crippen LogP contribution in [0.2, 0.25) is 0 Å². The van der Waals surface area contributed by atoms with Crippen LogP contribution in [-0.2, 0) is 0 Å². The molecule has 1 aromatic heterocycles. The number of nitrogens with zero attached hydrogens (tertiary/aromatic N) is 1. The van der Waals surface area contributed by atoms with E-state index < -0.39 is 22.3 Å². The molecule has 0 atom stereocenters. The maximum atomic E-state index is 13.0. The Hall–Kier alpha value is -3.03. The highest BCUT2D eigenvalue weighted by Gasteiger charge is 2.17. The topological polar surface area (TPSA) is 105 Å². The first-order chi connectivity index (χ1) is 9.47. The Kier molecular flexibility index (Phi) is 3.56. The van der Waals surface area contributed by atoms with Crippen molar-refractivity contribution in [3.8, 4) is 0 Å². The van der Waals surface area contributed by atoms with E-state index in [0.717, 1.165) is 18.2 Å². The molecule has 1 aromatic carbocycles. The predicted molar refractivity (Wildman–Crippen MR) is 68.1 cm³/mol. The lowest BCUT2D eigenvalue weighted by Gasteiger charge is -2.05. The molecule has 0 bridgehead atoms. The largest absolute Gasteiger partial charge is 0.328 e. The summed E-state index contributed by atoms with van der Waals surface area (Å²) in [6, 6.07) is 5.21. The number of aromatic amines is 1. The van der Waals surface area contributed by atoms with Gasteiger partial charge in [-0.1, -0.05) is 0 Å². The molecule has 0 aliphatic carbocycles. The molecule has 20 heavy (non-hydrogen) atoms. The van der Waals surface area contributed by atoms with Gasteiger partial charge in [-0.05, 0) is 18.2 Å². The third-order valence-corrected chi connectivity index (χ3v) is 2.45. The van der Waals surface area contributed by atoms with Crippen LogP contribution < -0.4 is 10.9 Å². The van der Waals surface area contributed by atoms with E-state index in [1.807, 2.05) is 0 Å². The summed E-state index contributed by atoms with van der Waals surface area (Å²) in [6.45, 7) is 0. The fourth-order valence-electron chi connectivity index (χ4n) is 1.51. The number of nitrogens with one attached hydrogen (secondary N) is 2. The molecule has 1 heterocycles. The van der Waals surface area contributed by atoms with Gasteiger partial charge in [-0.3, -0.25) is 19.7 Å². The lowest BCUT2D eigenvalue weighted by atomic mass is 10.2. The first kappa shape index (κ1) is 13.4. The number of hydrogen-bond acceptors (Lipinski definition) is 4. The number of H-pyrrole nitrogens is 1. The van der Waals surface area contributed by atoms with E-state index in [4.69, 9.17) is 0 Å². The number of anilines is 1. The quantitative estimate of drug-likeness (QED) is 0.657. The number of nitro benzene ring substituents is 1. The summed E-state index contributed by atoms with van der Waals surface area (Å²) in [5, 5.41) is 13.1. The molecule has 1 amide bonds. The second kappa shape index (κ2) is 5.31. The highest BCUT2D eigenvalue weighted by atomic mass is 19.1. The van der Waals surface area contributed by atoms with Gasteiger partial charge >= 0.3 is 0 Å². The van der Waals surface area contributed by atoms with Gasteiger partial charge in [0.05, 0.1) is 16.6 Å². The number of halogens is 1. The van der Waals surface area contributed by atoms with Crippen LogP contribution in [0.3, 0.4) is 0 Å². The van der Waals surface area contributed by atoms with Crippen LogP contribution in [0.25, 0.3) is 0 Å². The Morgan fingerprint density at radius 1 is 1.30 bits per heavy atom. The fourth-order valence-corrected chi connectivity index (χ4v) is 1.51. The van der Waals surface area contributed by atoms with Gasteiger partial charge < -0.3 is 10.3 Å². The number of amides is 1. The highest BCUT2D eigenvalue weighted by molar-refractivity contribution is 6.05. The average Bonchev–Trinajstić information content (AvgIpc) is 2.41. The minimum absolute atomic E-state index is 0.114. The Labute approximate surface area is 111 Å². The molecule has 0 saturated carbocycles. The molecule has 8 heteroatoms. The van der Waals surface area contributed by atoms with Crippen molar-refractivity contribution in [2.45, 2.75) is 0 Å². The molecule has 102 valence electrons. The first-order valence-electron chi connectivity index (χ1n) is 5.41. The lowest BCUT2D eigenvalue weighted by Crippen LogP contribution is -2.15. The molecule has 2 rings (SSSR count). The van der Waals surface area contributed by atoms with Crippen molar-refractivity contribution in [3.05, 3.63) is 68.4 Å². The summed E-state index contributed by atoms with van der Waals surface area (Å²) in [5.74, 6) is -1.44. The lowest BCUT2D eigenvalue weighted by molar-refractivity contribution is -0.384. The third kappa shape index (κ3) is 2.86. The van der Waals surface area contributed by atoms with Crippen molar-refractivity contribution < 1.29 is 14.1 Å². The number of nitro groups is 1. The smallest absolute Gasteiger partial charge is 0.295 e. The van der Waals surface area contributed by atoms with E-state index in [0.29, 0.717) is 6.07 Å². The number of rotatable bonds is 3. The van der Waals surface area contributed by atoms with Gasteiger partial charge in [0, 0.05) is 12.3 Å². The van der Waals surface area contributed by atoms with Crippen molar-refractivity contribution in [3.63, 3.8) is 0 Å². The number of carbonyl (C=O) groups is 1. The van der Waals surface area contributed by atoms with Crippen molar-refractivity contribution in [1.29, 1.82) is 0 Å². The van der Waals surface area contributed by atoms with Crippen molar-refractivity contribution >= 4 is 17.3 Å². The van der Waals surface area contributed by atoms with E-state index in [9.17, 15) is 24.1 Å². The minimum atomic E-state index is -0.800. The normalized spacial score (nSPS) is 10.1. The van der Waals surface area contributed by atoms with Crippen molar-refractivity contribution in [2.75, 3.05) is 5.32 Å². The molecular formula is C12H8FN3O4. The Morgan fingerprint density at radius 2 is 2.05 bits per heavy atom. The molecule has 0 spiro atoms. The zero-order chi connectivity index (χ0) is 14.7. The summed E-state index contributed by atoms with van der Waals surface area (Å²) < 4.78 is 13.0. The van der Waals surface area contributed by atoms with E-state index in [-0.39, 0.29) is 16.8 Å². The second-order valence-corrected chi connectivity index (χ2v) is 3.81. The van der Waals surface area contributed by atoms with Gasteiger partial charge in [0.2, 0.25) is 5.56 Å². The maximum Gasteiger partial charge on any atom is 0.295 e. The summed E-state index contributed by atoms with van der Waals surface area (Å²) in [7, 11) is 0. The SMILES string of the molecule is O=C(Nc1ccc(F)cc1[N+](=O)[O-])c1ccc(=O)[nH]c1. The van der Waals surface area contributed by atoms with Crippen LogP contribution in [0.15, 0.2) is 41.3 Å². The first-order valence-corrected chi connectivity index (χ1v) is 5.41. The summed E-state index contributed by atoms with van der Waals surface area (Å²) in [6.07, 6.45) is 1.17. The molecule has 0 radical (unpaired) electrons. The minimum Gasteiger partial charge on any atom is -0.328 e. The summed E-state index contributed by atoms with van der Waals surface area (Å²) >= 11 is 0. The zero-order valence-electron chi connectivity index (χ0n) is 9.92. The van der Waals surface area contributed by atoms with Crippen LogP contribution in [0.4, 0.5) is 15.8 Å². The van der Waals surface area contributed by atoms with E-state index in [2.05, 4.69) is 10.3 Å². The summed E-state index contributed by atoms with van der Waals surface area (Å²) in [4.78, 5) is 35.0. The van der Waals surface area contributed by atoms with Gasteiger partial charge in [0.25, 0.3) is 11.6 Å².